The van der Waals surface area contributed by atoms with Gasteiger partial charge in [-0.15, -0.1) is 0 Å². The lowest BCUT2D eigenvalue weighted by molar-refractivity contribution is 0.828. The molecule has 4 rings (SSSR count). The zero-order chi connectivity index (χ0) is 15.3. The minimum absolute atomic E-state index is 0.0420. The normalized spacial score (nSPS) is 11.4. The van der Waals surface area contributed by atoms with E-state index in [0.717, 1.165) is 27.8 Å². The number of aromatic nitrogens is 3. The van der Waals surface area contributed by atoms with Crippen LogP contribution in [-0.4, -0.2) is 14.1 Å². The van der Waals surface area contributed by atoms with Gasteiger partial charge in [-0.3, -0.25) is 9.36 Å². The molecular formula is C18H15N3O. The number of rotatable bonds is 1. The van der Waals surface area contributed by atoms with E-state index in [9.17, 15) is 4.79 Å². The Bertz CT molecular complexity index is 1030. The Hall–Kier alpha value is -2.88. The van der Waals surface area contributed by atoms with Gasteiger partial charge in [0.25, 0.3) is 5.56 Å². The third kappa shape index (κ3) is 1.64. The van der Waals surface area contributed by atoms with Crippen molar-refractivity contribution in [2.45, 2.75) is 6.92 Å². The molecule has 0 atom stereocenters. The molecule has 0 spiro atoms. The average Bonchev–Trinajstić information content (AvgIpc) is 2.81. The van der Waals surface area contributed by atoms with Gasteiger partial charge in [-0.25, -0.2) is 4.98 Å². The fourth-order valence-corrected chi connectivity index (χ4v) is 3.13. The van der Waals surface area contributed by atoms with E-state index in [1.54, 1.807) is 10.9 Å². The average molecular weight is 289 g/mol. The highest BCUT2D eigenvalue weighted by molar-refractivity contribution is 5.87. The molecule has 0 saturated carbocycles. The SMILES string of the molecule is Cc1c(-n2cnc3ccccc3c2=O)n(C)c2ccccc12. The Morgan fingerprint density at radius 1 is 0.955 bits per heavy atom. The van der Waals surface area contributed by atoms with E-state index < -0.39 is 0 Å². The van der Waals surface area contributed by atoms with Crippen LogP contribution in [0.25, 0.3) is 27.6 Å². The van der Waals surface area contributed by atoms with Crippen molar-refractivity contribution in [3.05, 3.63) is 70.8 Å². The summed E-state index contributed by atoms with van der Waals surface area (Å²) in [5, 5.41) is 1.79. The first kappa shape index (κ1) is 12.8. The van der Waals surface area contributed by atoms with Crippen LogP contribution < -0.4 is 5.56 Å². The van der Waals surface area contributed by atoms with Gasteiger partial charge in [0.2, 0.25) is 0 Å². The molecule has 0 radical (unpaired) electrons. The van der Waals surface area contributed by atoms with Crippen LogP contribution in [0, 0.1) is 6.92 Å². The summed E-state index contributed by atoms with van der Waals surface area (Å²) in [6.07, 6.45) is 1.62. The minimum atomic E-state index is -0.0420. The van der Waals surface area contributed by atoms with E-state index in [2.05, 4.69) is 17.1 Å². The largest absolute Gasteiger partial charge is 0.330 e. The molecule has 108 valence electrons. The van der Waals surface area contributed by atoms with Crippen molar-refractivity contribution >= 4 is 21.8 Å². The van der Waals surface area contributed by atoms with Crippen molar-refractivity contribution in [1.82, 2.24) is 14.1 Å². The zero-order valence-electron chi connectivity index (χ0n) is 12.4. The van der Waals surface area contributed by atoms with Crippen LogP contribution >= 0.6 is 0 Å². The van der Waals surface area contributed by atoms with E-state index >= 15 is 0 Å². The molecule has 2 aromatic carbocycles. The molecule has 0 bridgehead atoms. The van der Waals surface area contributed by atoms with Crippen molar-refractivity contribution < 1.29 is 0 Å². The number of fused-ring (bicyclic) bond motifs is 2. The molecule has 0 aliphatic carbocycles. The Labute approximate surface area is 127 Å². The summed E-state index contributed by atoms with van der Waals surface area (Å²) in [5.41, 5.74) is 2.87. The molecule has 4 heteroatoms. The lowest BCUT2D eigenvalue weighted by Crippen LogP contribution is -2.21. The summed E-state index contributed by atoms with van der Waals surface area (Å²) < 4.78 is 3.68. The van der Waals surface area contributed by atoms with Gasteiger partial charge < -0.3 is 4.57 Å². The predicted octanol–water partition coefficient (Wildman–Crippen LogP) is 3.19. The second-order valence-corrected chi connectivity index (χ2v) is 5.46. The first-order valence-corrected chi connectivity index (χ1v) is 7.19. The molecule has 0 fully saturated rings. The quantitative estimate of drug-likeness (QED) is 0.540. The number of nitrogens with zero attached hydrogens (tertiary/aromatic N) is 3. The van der Waals surface area contributed by atoms with E-state index in [1.165, 1.54) is 0 Å². The van der Waals surface area contributed by atoms with Crippen LogP contribution in [0.2, 0.25) is 0 Å². The number of hydrogen-bond acceptors (Lipinski definition) is 2. The first-order chi connectivity index (χ1) is 10.7. The smallest absolute Gasteiger partial charge is 0.266 e. The molecule has 22 heavy (non-hydrogen) atoms. The van der Waals surface area contributed by atoms with Gasteiger partial charge in [0.05, 0.1) is 10.9 Å². The van der Waals surface area contributed by atoms with Crippen LogP contribution in [0.3, 0.4) is 0 Å². The molecule has 0 aliphatic rings. The van der Waals surface area contributed by atoms with E-state index in [4.69, 9.17) is 0 Å². The number of para-hydroxylation sites is 2. The van der Waals surface area contributed by atoms with Crippen LogP contribution in [0.1, 0.15) is 5.56 Å². The number of benzene rings is 2. The maximum absolute atomic E-state index is 12.8. The molecule has 2 heterocycles. The van der Waals surface area contributed by atoms with Gasteiger partial charge in [-0.05, 0) is 30.7 Å². The fourth-order valence-electron chi connectivity index (χ4n) is 3.13. The molecular weight excluding hydrogens is 274 g/mol. The summed E-state index contributed by atoms with van der Waals surface area (Å²) in [4.78, 5) is 17.2. The Kier molecular flexibility index (Phi) is 2.66. The maximum Gasteiger partial charge on any atom is 0.266 e. The second kappa shape index (κ2) is 4.56. The van der Waals surface area contributed by atoms with Gasteiger partial charge in [0, 0.05) is 18.0 Å². The van der Waals surface area contributed by atoms with Gasteiger partial charge >= 0.3 is 0 Å². The standard InChI is InChI=1S/C18H15N3O/c1-12-13-7-4-6-10-16(13)20(2)17(12)21-11-19-15-9-5-3-8-14(15)18(21)22/h3-11H,1-2H3. The highest BCUT2D eigenvalue weighted by atomic mass is 16.1. The van der Waals surface area contributed by atoms with Gasteiger partial charge in [0.1, 0.15) is 12.1 Å². The highest BCUT2D eigenvalue weighted by Crippen LogP contribution is 2.26. The Morgan fingerprint density at radius 3 is 2.41 bits per heavy atom. The predicted molar refractivity (Wildman–Crippen MR) is 88.6 cm³/mol. The zero-order valence-corrected chi connectivity index (χ0v) is 12.4. The summed E-state index contributed by atoms with van der Waals surface area (Å²) >= 11 is 0. The van der Waals surface area contributed by atoms with E-state index in [0.29, 0.717) is 5.39 Å². The summed E-state index contributed by atoms with van der Waals surface area (Å²) in [6, 6.07) is 15.6. The lowest BCUT2D eigenvalue weighted by atomic mass is 10.2. The molecule has 0 unspecified atom stereocenters. The van der Waals surface area contributed by atoms with Crippen molar-refractivity contribution in [2.75, 3.05) is 0 Å². The second-order valence-electron chi connectivity index (χ2n) is 5.46. The molecule has 0 amide bonds. The third-order valence-electron chi connectivity index (χ3n) is 4.22. The summed E-state index contributed by atoms with van der Waals surface area (Å²) in [5.74, 6) is 0.865. The number of aryl methyl sites for hydroxylation is 2. The van der Waals surface area contributed by atoms with Crippen molar-refractivity contribution in [3.63, 3.8) is 0 Å². The van der Waals surface area contributed by atoms with Crippen LogP contribution in [0.15, 0.2) is 59.7 Å². The number of hydrogen-bond donors (Lipinski definition) is 0. The van der Waals surface area contributed by atoms with E-state index in [1.807, 2.05) is 54.9 Å². The molecule has 4 aromatic rings. The molecule has 2 aromatic heterocycles. The topological polar surface area (TPSA) is 39.8 Å². The third-order valence-corrected chi connectivity index (χ3v) is 4.22. The van der Waals surface area contributed by atoms with Crippen LogP contribution in [0.4, 0.5) is 0 Å². The molecule has 4 nitrogen and oxygen atoms in total. The van der Waals surface area contributed by atoms with Crippen molar-refractivity contribution in [2.24, 2.45) is 7.05 Å². The van der Waals surface area contributed by atoms with Crippen molar-refractivity contribution in [1.29, 1.82) is 0 Å². The Balaban J connectivity index is 2.12. The van der Waals surface area contributed by atoms with E-state index in [-0.39, 0.29) is 5.56 Å². The van der Waals surface area contributed by atoms with Gasteiger partial charge in [-0.1, -0.05) is 30.3 Å². The minimum Gasteiger partial charge on any atom is -0.330 e. The molecule has 0 saturated heterocycles. The summed E-state index contributed by atoms with van der Waals surface area (Å²) in [6.45, 7) is 2.04. The first-order valence-electron chi connectivity index (χ1n) is 7.19. The lowest BCUT2D eigenvalue weighted by Gasteiger charge is -2.09. The monoisotopic (exact) mass is 289 g/mol. The maximum atomic E-state index is 12.8. The fraction of sp³-hybridized carbons (Fsp3) is 0.111. The van der Waals surface area contributed by atoms with Gasteiger partial charge in [0.15, 0.2) is 0 Å². The van der Waals surface area contributed by atoms with Gasteiger partial charge in [-0.2, -0.15) is 0 Å². The highest BCUT2D eigenvalue weighted by Gasteiger charge is 2.15. The Morgan fingerprint density at radius 2 is 1.64 bits per heavy atom. The molecule has 0 N–H and O–H groups in total. The van der Waals surface area contributed by atoms with Crippen LogP contribution in [-0.2, 0) is 7.05 Å². The summed E-state index contributed by atoms with van der Waals surface area (Å²) in [7, 11) is 1.98. The molecule has 0 aliphatic heterocycles. The van der Waals surface area contributed by atoms with Crippen LogP contribution in [0.5, 0.6) is 0 Å². The van der Waals surface area contributed by atoms with Crippen molar-refractivity contribution in [3.8, 4) is 5.82 Å².